The maximum atomic E-state index is 13.0. The van der Waals surface area contributed by atoms with Crippen LogP contribution in [0, 0.1) is 0 Å². The largest absolute Gasteiger partial charge is 0.355 e. The maximum Gasteiger partial charge on any atom is 0.232 e. The number of aromatic nitrogens is 2. The van der Waals surface area contributed by atoms with Crippen molar-refractivity contribution < 1.29 is 4.79 Å². The van der Waals surface area contributed by atoms with E-state index in [0.717, 1.165) is 23.2 Å². The zero-order valence-corrected chi connectivity index (χ0v) is 16.1. The summed E-state index contributed by atoms with van der Waals surface area (Å²) in [5.41, 5.74) is 4.20. The van der Waals surface area contributed by atoms with E-state index in [0.29, 0.717) is 6.54 Å². The summed E-state index contributed by atoms with van der Waals surface area (Å²) in [5, 5.41) is 7.35. The summed E-state index contributed by atoms with van der Waals surface area (Å²) in [6.07, 6.45) is 4.46. The Morgan fingerprint density at radius 2 is 1.45 bits per heavy atom. The molecule has 0 saturated heterocycles. The summed E-state index contributed by atoms with van der Waals surface area (Å²) in [6.45, 7) is 0.593. The van der Waals surface area contributed by atoms with Gasteiger partial charge in [-0.25, -0.2) is 4.68 Å². The molecule has 29 heavy (non-hydrogen) atoms. The van der Waals surface area contributed by atoms with Crippen molar-refractivity contribution in [3.63, 3.8) is 0 Å². The first-order chi connectivity index (χ1) is 14.3. The van der Waals surface area contributed by atoms with Crippen LogP contribution in [0.2, 0.25) is 0 Å². The van der Waals surface area contributed by atoms with Crippen molar-refractivity contribution >= 4 is 5.91 Å². The van der Waals surface area contributed by atoms with Gasteiger partial charge in [0.2, 0.25) is 5.91 Å². The van der Waals surface area contributed by atoms with Gasteiger partial charge in [-0.15, -0.1) is 0 Å². The molecule has 4 rings (SSSR count). The summed E-state index contributed by atoms with van der Waals surface area (Å²) >= 11 is 0. The Bertz CT molecular complexity index is 987. The fourth-order valence-electron chi connectivity index (χ4n) is 3.46. The van der Waals surface area contributed by atoms with Crippen LogP contribution in [0.3, 0.4) is 0 Å². The predicted molar refractivity (Wildman–Crippen MR) is 115 cm³/mol. The second kappa shape index (κ2) is 9.02. The van der Waals surface area contributed by atoms with Crippen molar-refractivity contribution in [3.05, 3.63) is 120 Å². The third-order valence-corrected chi connectivity index (χ3v) is 4.95. The summed E-state index contributed by atoms with van der Waals surface area (Å²) in [4.78, 5) is 13.0. The molecule has 0 saturated carbocycles. The Morgan fingerprint density at radius 3 is 2.00 bits per heavy atom. The molecule has 4 aromatic rings. The minimum absolute atomic E-state index is 0.0237. The zero-order valence-electron chi connectivity index (χ0n) is 16.1. The van der Waals surface area contributed by atoms with Crippen LogP contribution in [0.1, 0.15) is 22.6 Å². The molecule has 4 nitrogen and oxygen atoms in total. The molecule has 4 heteroatoms. The lowest BCUT2D eigenvalue weighted by Crippen LogP contribution is -2.31. The van der Waals surface area contributed by atoms with Crippen LogP contribution in [0.4, 0.5) is 0 Å². The molecule has 144 valence electrons. The van der Waals surface area contributed by atoms with E-state index in [1.54, 1.807) is 6.20 Å². The van der Waals surface area contributed by atoms with Gasteiger partial charge in [-0.1, -0.05) is 72.8 Å². The lowest BCUT2D eigenvalue weighted by atomic mass is 9.90. The molecule has 0 bridgehead atoms. The van der Waals surface area contributed by atoms with Gasteiger partial charge in [0.1, 0.15) is 0 Å². The summed E-state index contributed by atoms with van der Waals surface area (Å²) in [5.74, 6) is -0.282. The Labute approximate surface area is 170 Å². The second-order valence-corrected chi connectivity index (χ2v) is 6.91. The van der Waals surface area contributed by atoms with E-state index >= 15 is 0 Å². The van der Waals surface area contributed by atoms with Crippen LogP contribution in [0.25, 0.3) is 5.69 Å². The van der Waals surface area contributed by atoms with Crippen LogP contribution in [-0.2, 0) is 11.2 Å². The van der Waals surface area contributed by atoms with Gasteiger partial charge in [-0.2, -0.15) is 5.10 Å². The quantitative estimate of drug-likeness (QED) is 0.517. The number of benzene rings is 3. The number of nitrogens with one attached hydrogen (secondary N) is 1. The standard InChI is InChI=1S/C25H23N3O/c29-25(24(21-8-3-1-4-9-21)22-10-5-2-6-11-22)26-18-16-20-12-14-23(15-13-20)28-19-7-17-27-28/h1-15,17,19,24H,16,18H2,(H,26,29). The topological polar surface area (TPSA) is 46.9 Å². The molecular weight excluding hydrogens is 358 g/mol. The first-order valence-corrected chi connectivity index (χ1v) is 9.78. The predicted octanol–water partition coefficient (Wildman–Crippen LogP) is 4.36. The molecule has 0 aliphatic rings. The Balaban J connectivity index is 1.41. The van der Waals surface area contributed by atoms with E-state index in [1.165, 1.54) is 5.56 Å². The van der Waals surface area contributed by atoms with Crippen LogP contribution >= 0.6 is 0 Å². The van der Waals surface area contributed by atoms with Gasteiger partial charge in [-0.05, 0) is 41.3 Å². The van der Waals surface area contributed by atoms with Crippen molar-refractivity contribution in [3.8, 4) is 5.69 Å². The fraction of sp³-hybridized carbons (Fsp3) is 0.120. The highest BCUT2D eigenvalue weighted by Gasteiger charge is 2.21. The minimum Gasteiger partial charge on any atom is -0.355 e. The number of hydrogen-bond donors (Lipinski definition) is 1. The number of nitrogens with zero attached hydrogens (tertiary/aromatic N) is 2. The highest BCUT2D eigenvalue weighted by Crippen LogP contribution is 2.24. The number of rotatable bonds is 7. The van der Waals surface area contributed by atoms with E-state index < -0.39 is 0 Å². The van der Waals surface area contributed by atoms with E-state index in [9.17, 15) is 4.79 Å². The van der Waals surface area contributed by atoms with Gasteiger partial charge in [0.25, 0.3) is 0 Å². The number of carbonyl (C=O) groups is 1. The second-order valence-electron chi connectivity index (χ2n) is 6.91. The van der Waals surface area contributed by atoms with Crippen molar-refractivity contribution in [2.75, 3.05) is 6.54 Å². The third kappa shape index (κ3) is 4.61. The van der Waals surface area contributed by atoms with Crippen molar-refractivity contribution in [1.82, 2.24) is 15.1 Å². The molecule has 0 atom stereocenters. The molecule has 0 fully saturated rings. The van der Waals surface area contributed by atoms with Crippen LogP contribution < -0.4 is 5.32 Å². The van der Waals surface area contributed by atoms with Gasteiger partial charge >= 0.3 is 0 Å². The van der Waals surface area contributed by atoms with Gasteiger partial charge in [0, 0.05) is 18.9 Å². The molecule has 0 aliphatic carbocycles. The first kappa shape index (κ1) is 18.7. The van der Waals surface area contributed by atoms with Crippen molar-refractivity contribution in [2.45, 2.75) is 12.3 Å². The SMILES string of the molecule is O=C(NCCc1ccc(-n2cccn2)cc1)C(c1ccccc1)c1ccccc1. The van der Waals surface area contributed by atoms with E-state index in [2.05, 4.69) is 22.5 Å². The van der Waals surface area contributed by atoms with Crippen molar-refractivity contribution in [1.29, 1.82) is 0 Å². The average molecular weight is 381 g/mol. The molecular formula is C25H23N3O. The summed E-state index contributed by atoms with van der Waals surface area (Å²) in [6, 6.07) is 30.0. The first-order valence-electron chi connectivity index (χ1n) is 9.78. The third-order valence-electron chi connectivity index (χ3n) is 4.95. The monoisotopic (exact) mass is 381 g/mol. The summed E-state index contributed by atoms with van der Waals surface area (Å²) in [7, 11) is 0. The molecule has 1 heterocycles. The number of amides is 1. The lowest BCUT2D eigenvalue weighted by molar-refractivity contribution is -0.121. The number of carbonyl (C=O) groups excluding carboxylic acids is 1. The molecule has 0 unspecified atom stereocenters. The highest BCUT2D eigenvalue weighted by atomic mass is 16.1. The molecule has 0 aliphatic heterocycles. The van der Waals surface area contributed by atoms with Gasteiger partial charge in [0.05, 0.1) is 11.6 Å². The van der Waals surface area contributed by atoms with E-state index in [1.807, 2.05) is 89.7 Å². The summed E-state index contributed by atoms with van der Waals surface area (Å²) < 4.78 is 1.83. The molecule has 1 amide bonds. The maximum absolute atomic E-state index is 13.0. The van der Waals surface area contributed by atoms with Crippen LogP contribution in [-0.4, -0.2) is 22.2 Å². The van der Waals surface area contributed by atoms with Gasteiger partial charge < -0.3 is 5.32 Å². The molecule has 1 aromatic heterocycles. The zero-order chi connectivity index (χ0) is 19.9. The van der Waals surface area contributed by atoms with Crippen LogP contribution in [0.15, 0.2) is 103 Å². The molecule has 1 N–H and O–H groups in total. The van der Waals surface area contributed by atoms with Gasteiger partial charge in [-0.3, -0.25) is 4.79 Å². The fourth-order valence-corrected chi connectivity index (χ4v) is 3.46. The Morgan fingerprint density at radius 1 is 0.828 bits per heavy atom. The highest BCUT2D eigenvalue weighted by molar-refractivity contribution is 5.87. The minimum atomic E-state index is -0.306. The molecule has 0 spiro atoms. The number of hydrogen-bond acceptors (Lipinski definition) is 2. The lowest BCUT2D eigenvalue weighted by Gasteiger charge is -2.18. The smallest absolute Gasteiger partial charge is 0.232 e. The van der Waals surface area contributed by atoms with Gasteiger partial charge in [0.15, 0.2) is 0 Å². The van der Waals surface area contributed by atoms with Crippen LogP contribution in [0.5, 0.6) is 0 Å². The Hall–Kier alpha value is -3.66. The van der Waals surface area contributed by atoms with E-state index in [4.69, 9.17) is 0 Å². The molecule has 0 radical (unpaired) electrons. The van der Waals surface area contributed by atoms with E-state index in [-0.39, 0.29) is 11.8 Å². The normalized spacial score (nSPS) is 10.8. The molecule has 3 aromatic carbocycles. The Kier molecular flexibility index (Phi) is 5.81. The average Bonchev–Trinajstić information content (AvgIpc) is 3.31. The van der Waals surface area contributed by atoms with Crippen molar-refractivity contribution in [2.24, 2.45) is 0 Å².